The number of rotatable bonds is 5. The topological polar surface area (TPSA) is 47.0 Å². The Kier molecular flexibility index (Phi) is 3.98. The van der Waals surface area contributed by atoms with Crippen LogP contribution in [0.5, 0.6) is 0 Å². The highest BCUT2D eigenvalue weighted by Gasteiger charge is 2.16. The molecule has 0 fully saturated rings. The van der Waals surface area contributed by atoms with Gasteiger partial charge in [0.2, 0.25) is 0 Å². The highest BCUT2D eigenvalue weighted by molar-refractivity contribution is 7.14. The molecule has 20 heavy (non-hydrogen) atoms. The number of ether oxygens (including phenoxy) is 1. The Labute approximate surface area is 123 Å². The number of anilines is 1. The first-order chi connectivity index (χ1) is 9.78. The van der Waals surface area contributed by atoms with Crippen molar-refractivity contribution in [3.63, 3.8) is 0 Å². The Balaban J connectivity index is 1.82. The van der Waals surface area contributed by atoms with Crippen molar-refractivity contribution in [2.24, 2.45) is 0 Å². The van der Waals surface area contributed by atoms with Crippen LogP contribution in [0.1, 0.15) is 23.4 Å². The van der Waals surface area contributed by atoms with Crippen LogP contribution in [-0.4, -0.2) is 30.2 Å². The monoisotopic (exact) mass is 289 g/mol. The Hall–Kier alpha value is -1.46. The molecule has 0 aromatic carbocycles. The highest BCUT2D eigenvalue weighted by atomic mass is 32.1. The fourth-order valence-corrected chi connectivity index (χ4v) is 3.31. The van der Waals surface area contributed by atoms with Crippen LogP contribution in [0.2, 0.25) is 0 Å². The molecule has 0 spiro atoms. The van der Waals surface area contributed by atoms with Gasteiger partial charge in [-0.1, -0.05) is 0 Å². The lowest BCUT2D eigenvalue weighted by molar-refractivity contribution is 0.211. The number of thiazole rings is 1. The van der Waals surface area contributed by atoms with Crippen LogP contribution >= 0.6 is 11.3 Å². The smallest absolute Gasteiger partial charge is 0.183 e. The molecule has 106 valence electrons. The van der Waals surface area contributed by atoms with Gasteiger partial charge in [0.25, 0.3) is 0 Å². The molecule has 3 rings (SSSR count). The lowest BCUT2D eigenvalue weighted by atomic mass is 10.1. The van der Waals surface area contributed by atoms with E-state index in [4.69, 9.17) is 9.72 Å². The zero-order valence-electron chi connectivity index (χ0n) is 11.9. The van der Waals surface area contributed by atoms with Crippen molar-refractivity contribution >= 4 is 16.5 Å². The van der Waals surface area contributed by atoms with Crippen molar-refractivity contribution in [3.05, 3.63) is 28.4 Å². The van der Waals surface area contributed by atoms with Crippen LogP contribution < -0.4 is 5.32 Å². The van der Waals surface area contributed by atoms with Crippen LogP contribution in [0, 0.1) is 6.92 Å². The van der Waals surface area contributed by atoms with E-state index in [1.54, 1.807) is 18.4 Å². The van der Waals surface area contributed by atoms with Gasteiger partial charge in [-0.25, -0.2) is 4.98 Å². The summed E-state index contributed by atoms with van der Waals surface area (Å²) in [6.07, 6.45) is 3.50. The third kappa shape index (κ3) is 2.69. The molecule has 0 unspecified atom stereocenters. The lowest BCUT2D eigenvalue weighted by Crippen LogP contribution is -2.07. The molecule has 4 nitrogen and oxygen atoms in total. The van der Waals surface area contributed by atoms with E-state index in [9.17, 15) is 0 Å². The number of aromatic nitrogens is 2. The van der Waals surface area contributed by atoms with Crippen molar-refractivity contribution in [3.8, 4) is 11.3 Å². The maximum absolute atomic E-state index is 5.03. The van der Waals surface area contributed by atoms with Crippen LogP contribution in [0.25, 0.3) is 11.3 Å². The summed E-state index contributed by atoms with van der Waals surface area (Å²) in [5.74, 6) is 0. The van der Waals surface area contributed by atoms with Crippen molar-refractivity contribution < 1.29 is 4.74 Å². The number of hydrogen-bond donors (Lipinski definition) is 1. The number of fused-ring (bicyclic) bond motifs is 1. The van der Waals surface area contributed by atoms with Gasteiger partial charge in [0, 0.05) is 36.0 Å². The van der Waals surface area contributed by atoms with Crippen molar-refractivity contribution in [2.45, 2.75) is 26.2 Å². The van der Waals surface area contributed by atoms with E-state index in [-0.39, 0.29) is 0 Å². The zero-order chi connectivity index (χ0) is 13.9. The van der Waals surface area contributed by atoms with Gasteiger partial charge in [0.1, 0.15) is 0 Å². The summed E-state index contributed by atoms with van der Waals surface area (Å²) >= 11 is 1.63. The molecule has 0 atom stereocenters. The second-order valence-electron chi connectivity index (χ2n) is 5.04. The summed E-state index contributed by atoms with van der Waals surface area (Å²) in [6, 6.07) is 2.28. The molecule has 1 N–H and O–H groups in total. The molecule has 1 aliphatic rings. The minimum Gasteiger partial charge on any atom is -0.383 e. The number of hydrogen-bond acceptors (Lipinski definition) is 5. The first-order valence-electron chi connectivity index (χ1n) is 6.96. The molecule has 0 saturated carbocycles. The van der Waals surface area contributed by atoms with Gasteiger partial charge in [0.05, 0.1) is 12.3 Å². The molecule has 2 aromatic heterocycles. The van der Waals surface area contributed by atoms with E-state index >= 15 is 0 Å². The minimum absolute atomic E-state index is 0.689. The van der Waals surface area contributed by atoms with Gasteiger partial charge < -0.3 is 10.1 Å². The fraction of sp³-hybridized carbons (Fsp3) is 0.467. The molecule has 2 aromatic rings. The molecule has 1 aliphatic carbocycles. The molecular formula is C15H19N3OS. The van der Waals surface area contributed by atoms with Gasteiger partial charge in [-0.05, 0) is 37.8 Å². The van der Waals surface area contributed by atoms with Crippen molar-refractivity contribution in [1.82, 2.24) is 9.97 Å². The van der Waals surface area contributed by atoms with E-state index in [1.165, 1.54) is 23.2 Å². The molecule has 0 saturated heterocycles. The summed E-state index contributed by atoms with van der Waals surface area (Å²) in [5, 5.41) is 6.31. The van der Waals surface area contributed by atoms with Crippen LogP contribution in [0.4, 0.5) is 5.13 Å². The normalized spacial score (nSPS) is 13.5. The number of methoxy groups -OCH3 is 1. The molecule has 0 amide bonds. The molecule has 0 radical (unpaired) electrons. The minimum atomic E-state index is 0.689. The van der Waals surface area contributed by atoms with E-state index < -0.39 is 0 Å². The molecule has 0 aliphatic heterocycles. The second kappa shape index (κ2) is 5.89. The number of nitrogens with one attached hydrogen (secondary N) is 1. The summed E-state index contributed by atoms with van der Waals surface area (Å²) in [7, 11) is 1.70. The molecule has 2 heterocycles. The van der Waals surface area contributed by atoms with Gasteiger partial charge in [-0.15, -0.1) is 11.3 Å². The fourth-order valence-electron chi connectivity index (χ4n) is 2.57. The predicted octanol–water partition coefficient (Wildman–Crippen LogP) is 3.06. The number of nitrogens with zero attached hydrogens (tertiary/aromatic N) is 2. The molecular weight excluding hydrogens is 270 g/mol. The summed E-state index contributed by atoms with van der Waals surface area (Å²) < 4.78 is 5.03. The predicted molar refractivity (Wildman–Crippen MR) is 82.5 cm³/mol. The van der Waals surface area contributed by atoms with Crippen LogP contribution in [0.15, 0.2) is 11.4 Å². The van der Waals surface area contributed by atoms with E-state index in [2.05, 4.69) is 28.7 Å². The Bertz CT molecular complexity index is 609. The van der Waals surface area contributed by atoms with Gasteiger partial charge in [-0.3, -0.25) is 4.98 Å². The average Bonchev–Trinajstić information content (AvgIpc) is 3.06. The lowest BCUT2D eigenvalue weighted by Gasteiger charge is -2.06. The zero-order valence-corrected chi connectivity index (χ0v) is 12.7. The number of aryl methyl sites for hydroxylation is 3. The largest absolute Gasteiger partial charge is 0.383 e. The first-order valence-corrected chi connectivity index (χ1v) is 7.84. The average molecular weight is 289 g/mol. The second-order valence-corrected chi connectivity index (χ2v) is 5.90. The maximum atomic E-state index is 5.03. The van der Waals surface area contributed by atoms with Crippen molar-refractivity contribution in [2.75, 3.05) is 25.6 Å². The van der Waals surface area contributed by atoms with E-state index in [0.29, 0.717) is 6.61 Å². The quantitative estimate of drug-likeness (QED) is 0.859. The van der Waals surface area contributed by atoms with Crippen molar-refractivity contribution in [1.29, 1.82) is 0 Å². The highest BCUT2D eigenvalue weighted by Crippen LogP contribution is 2.30. The maximum Gasteiger partial charge on any atom is 0.183 e. The Morgan fingerprint density at radius 3 is 3.10 bits per heavy atom. The first kappa shape index (κ1) is 13.5. The Morgan fingerprint density at radius 1 is 1.35 bits per heavy atom. The summed E-state index contributed by atoms with van der Waals surface area (Å²) in [6.45, 7) is 3.55. The Morgan fingerprint density at radius 2 is 2.25 bits per heavy atom. The molecule has 5 heteroatoms. The third-order valence-corrected chi connectivity index (χ3v) is 4.40. The van der Waals surface area contributed by atoms with Gasteiger partial charge >= 0.3 is 0 Å². The van der Waals surface area contributed by atoms with Crippen LogP contribution in [0.3, 0.4) is 0 Å². The van der Waals surface area contributed by atoms with Crippen LogP contribution in [-0.2, 0) is 17.6 Å². The summed E-state index contributed by atoms with van der Waals surface area (Å²) in [5.41, 5.74) is 5.95. The molecule has 0 bridgehead atoms. The van der Waals surface area contributed by atoms with Gasteiger partial charge in [0.15, 0.2) is 5.13 Å². The standard InChI is InChI=1S/C15H19N3OS/c1-10-12(8-11-4-3-5-13(11)17-10)14-9-20-15(18-14)16-6-7-19-2/h8-9H,3-7H2,1-2H3,(H,16,18). The number of pyridine rings is 1. The van der Waals surface area contributed by atoms with Gasteiger partial charge in [-0.2, -0.15) is 0 Å². The third-order valence-electron chi connectivity index (χ3n) is 3.60. The van der Waals surface area contributed by atoms with E-state index in [0.717, 1.165) is 35.9 Å². The SMILES string of the molecule is COCCNc1nc(-c2cc3c(nc2C)CCC3)cs1. The summed E-state index contributed by atoms with van der Waals surface area (Å²) in [4.78, 5) is 9.39. The van der Waals surface area contributed by atoms with E-state index in [1.807, 2.05) is 0 Å².